The third-order valence-electron chi connectivity index (χ3n) is 3.28. The van der Waals surface area contributed by atoms with E-state index in [1.54, 1.807) is 6.07 Å². The van der Waals surface area contributed by atoms with Crippen molar-refractivity contribution in [3.63, 3.8) is 0 Å². The van der Waals surface area contributed by atoms with Gasteiger partial charge in [0.2, 0.25) is 10.0 Å². The average molecular weight is 327 g/mol. The van der Waals surface area contributed by atoms with Gasteiger partial charge in [0.05, 0.1) is 11.5 Å². The van der Waals surface area contributed by atoms with Gasteiger partial charge < -0.3 is 5.11 Å². The molecule has 116 valence electrons. The quantitative estimate of drug-likeness (QED) is 0.887. The molecule has 0 aliphatic heterocycles. The summed E-state index contributed by atoms with van der Waals surface area (Å²) < 4.78 is 28.3. The number of hydrogen-bond acceptors (Lipinski definition) is 4. The molecular weight excluding hydrogens is 306 g/mol. The number of hydrogen-bond donors (Lipinski definition) is 1. The fraction of sp³-hybridized carbons (Fsp3) is 0.467. The van der Waals surface area contributed by atoms with Gasteiger partial charge in [-0.3, -0.25) is 0 Å². The van der Waals surface area contributed by atoms with E-state index < -0.39 is 10.0 Å². The Balaban J connectivity index is 2.63. The fourth-order valence-corrected chi connectivity index (χ4v) is 5.76. The van der Waals surface area contributed by atoms with Crippen LogP contribution >= 0.6 is 11.3 Å². The highest BCUT2D eigenvalue weighted by Crippen LogP contribution is 2.36. The molecule has 0 amide bonds. The van der Waals surface area contributed by atoms with Crippen LogP contribution in [0, 0.1) is 5.92 Å². The molecule has 2 aromatic rings. The third-order valence-corrected chi connectivity index (χ3v) is 6.64. The molecule has 0 radical (unpaired) electrons. The van der Waals surface area contributed by atoms with Crippen molar-refractivity contribution in [2.75, 3.05) is 13.1 Å². The summed E-state index contributed by atoms with van der Waals surface area (Å²) in [4.78, 5) is 0.784. The van der Waals surface area contributed by atoms with Gasteiger partial charge >= 0.3 is 0 Å². The number of nitrogens with zero attached hydrogens (tertiary/aromatic N) is 1. The molecule has 0 atom stereocenters. The van der Waals surface area contributed by atoms with E-state index in [1.165, 1.54) is 15.6 Å². The Hall–Kier alpha value is -0.950. The maximum absolute atomic E-state index is 13.0. The van der Waals surface area contributed by atoms with Crippen molar-refractivity contribution in [2.45, 2.75) is 32.3 Å². The lowest BCUT2D eigenvalue weighted by Crippen LogP contribution is -2.34. The predicted octanol–water partition coefficient (Wildman–Crippen LogP) is 3.06. The maximum Gasteiger partial charge on any atom is 0.244 e. The van der Waals surface area contributed by atoms with Gasteiger partial charge in [-0.1, -0.05) is 39.0 Å². The lowest BCUT2D eigenvalue weighted by Gasteiger charge is -2.22. The Morgan fingerprint density at radius 1 is 1.29 bits per heavy atom. The van der Waals surface area contributed by atoms with Gasteiger partial charge in [-0.05, 0) is 12.0 Å². The lowest BCUT2D eigenvalue weighted by molar-refractivity contribution is 0.282. The first-order valence-corrected chi connectivity index (χ1v) is 9.28. The molecule has 4 nitrogen and oxygen atoms in total. The lowest BCUT2D eigenvalue weighted by atomic mass is 10.2. The molecule has 0 aliphatic carbocycles. The summed E-state index contributed by atoms with van der Waals surface area (Å²) >= 11 is 1.34. The Labute approximate surface area is 130 Å². The molecule has 1 aromatic carbocycles. The number of benzene rings is 1. The van der Waals surface area contributed by atoms with Gasteiger partial charge in [0.1, 0.15) is 4.90 Å². The number of aliphatic hydroxyl groups excluding tert-OH is 1. The van der Waals surface area contributed by atoms with Gasteiger partial charge in [-0.25, -0.2) is 8.42 Å². The van der Waals surface area contributed by atoms with E-state index in [1.807, 2.05) is 39.0 Å². The van der Waals surface area contributed by atoms with Crippen LogP contribution in [0.1, 0.15) is 25.6 Å². The Morgan fingerprint density at radius 3 is 2.52 bits per heavy atom. The second-order valence-corrected chi connectivity index (χ2v) is 8.37. The van der Waals surface area contributed by atoms with Crippen molar-refractivity contribution in [1.82, 2.24) is 4.31 Å². The van der Waals surface area contributed by atoms with E-state index in [-0.39, 0.29) is 17.4 Å². The van der Waals surface area contributed by atoms with E-state index in [2.05, 4.69) is 0 Å². The molecule has 0 spiro atoms. The number of sulfonamides is 1. The first-order valence-electron chi connectivity index (χ1n) is 7.03. The molecule has 0 bridgehead atoms. The number of fused-ring (bicyclic) bond motifs is 1. The van der Waals surface area contributed by atoms with Crippen LogP contribution in [0.3, 0.4) is 0 Å². The summed E-state index contributed by atoms with van der Waals surface area (Å²) in [6.45, 7) is 6.48. The molecule has 2 rings (SSSR count). The average Bonchev–Trinajstić information content (AvgIpc) is 2.83. The van der Waals surface area contributed by atoms with Crippen molar-refractivity contribution in [1.29, 1.82) is 0 Å². The highest BCUT2D eigenvalue weighted by molar-refractivity contribution is 7.89. The van der Waals surface area contributed by atoms with Crippen LogP contribution in [0.5, 0.6) is 0 Å². The van der Waals surface area contributed by atoms with Crippen molar-refractivity contribution in [3.05, 3.63) is 29.1 Å². The van der Waals surface area contributed by atoms with Crippen LogP contribution in [0.2, 0.25) is 0 Å². The van der Waals surface area contributed by atoms with Gasteiger partial charge in [0.15, 0.2) is 0 Å². The molecule has 21 heavy (non-hydrogen) atoms. The van der Waals surface area contributed by atoms with Gasteiger partial charge in [-0.2, -0.15) is 4.31 Å². The van der Waals surface area contributed by atoms with Crippen LogP contribution in [-0.2, 0) is 16.6 Å². The fourth-order valence-electron chi connectivity index (χ4n) is 2.39. The zero-order valence-corrected chi connectivity index (χ0v) is 14.2. The number of rotatable bonds is 6. The zero-order chi connectivity index (χ0) is 15.6. The minimum atomic E-state index is -3.59. The molecule has 1 aromatic heterocycles. The van der Waals surface area contributed by atoms with Crippen LogP contribution in [0.25, 0.3) is 10.1 Å². The van der Waals surface area contributed by atoms with Crippen LogP contribution in [-0.4, -0.2) is 30.9 Å². The van der Waals surface area contributed by atoms with E-state index in [4.69, 9.17) is 0 Å². The van der Waals surface area contributed by atoms with Crippen LogP contribution in [0.4, 0.5) is 0 Å². The zero-order valence-electron chi connectivity index (χ0n) is 12.5. The Kier molecular flexibility index (Phi) is 5.03. The van der Waals surface area contributed by atoms with Crippen molar-refractivity contribution in [2.24, 2.45) is 5.92 Å². The molecule has 0 saturated heterocycles. The van der Waals surface area contributed by atoms with E-state index in [0.29, 0.717) is 23.4 Å². The molecular formula is C15H21NO3S2. The van der Waals surface area contributed by atoms with Crippen molar-refractivity contribution < 1.29 is 13.5 Å². The second kappa shape index (κ2) is 6.44. The summed E-state index contributed by atoms with van der Waals surface area (Å²) in [5, 5.41) is 10.2. The molecule has 0 saturated carbocycles. The second-order valence-electron chi connectivity index (χ2n) is 5.36. The number of thiophene rings is 1. The monoisotopic (exact) mass is 327 g/mol. The van der Waals surface area contributed by atoms with Crippen LogP contribution in [0.15, 0.2) is 29.2 Å². The highest BCUT2D eigenvalue weighted by Gasteiger charge is 2.29. The summed E-state index contributed by atoms with van der Waals surface area (Å²) in [5.41, 5.74) is 0. The Morgan fingerprint density at radius 2 is 1.95 bits per heavy atom. The smallest absolute Gasteiger partial charge is 0.244 e. The van der Waals surface area contributed by atoms with Crippen molar-refractivity contribution >= 4 is 31.4 Å². The molecule has 1 heterocycles. The van der Waals surface area contributed by atoms with Crippen LogP contribution < -0.4 is 0 Å². The summed E-state index contributed by atoms with van der Waals surface area (Å²) in [6, 6.07) is 7.40. The van der Waals surface area contributed by atoms with Crippen molar-refractivity contribution in [3.8, 4) is 0 Å². The minimum Gasteiger partial charge on any atom is -0.391 e. The van der Waals surface area contributed by atoms with Gasteiger partial charge in [-0.15, -0.1) is 11.3 Å². The summed E-state index contributed by atoms with van der Waals surface area (Å²) in [5.74, 6) is 0.252. The van der Waals surface area contributed by atoms with E-state index in [0.717, 1.165) is 4.70 Å². The first kappa shape index (κ1) is 16.4. The normalized spacial score (nSPS) is 12.7. The SMILES string of the molecule is CCN(CC(C)C)S(=O)(=O)c1c(CO)sc2ccccc12. The minimum absolute atomic E-state index is 0.252. The molecule has 6 heteroatoms. The summed E-state index contributed by atoms with van der Waals surface area (Å²) in [7, 11) is -3.59. The highest BCUT2D eigenvalue weighted by atomic mass is 32.2. The van der Waals surface area contributed by atoms with Gasteiger partial charge in [0.25, 0.3) is 0 Å². The molecule has 0 fully saturated rings. The first-order chi connectivity index (χ1) is 9.91. The predicted molar refractivity (Wildman–Crippen MR) is 87.0 cm³/mol. The maximum atomic E-state index is 13.0. The summed E-state index contributed by atoms with van der Waals surface area (Å²) in [6.07, 6.45) is 0. The molecule has 0 unspecified atom stereocenters. The third kappa shape index (κ3) is 3.13. The van der Waals surface area contributed by atoms with Gasteiger partial charge in [0, 0.05) is 23.2 Å². The van der Waals surface area contributed by atoms with E-state index in [9.17, 15) is 13.5 Å². The molecule has 0 aliphatic rings. The largest absolute Gasteiger partial charge is 0.391 e. The Bertz CT molecular complexity index is 720. The van der Waals surface area contributed by atoms with E-state index >= 15 is 0 Å². The number of aliphatic hydroxyl groups is 1. The standard InChI is InChI=1S/C15H21NO3S2/c1-4-16(9-11(2)3)21(18,19)15-12-7-5-6-8-13(12)20-14(15)10-17/h5-8,11,17H,4,9-10H2,1-3H3. The topological polar surface area (TPSA) is 57.6 Å². The molecule has 1 N–H and O–H groups in total.